The number of rotatable bonds is 6. The van der Waals surface area contributed by atoms with E-state index in [1.807, 2.05) is 6.92 Å². The van der Waals surface area contributed by atoms with Crippen molar-refractivity contribution in [1.29, 1.82) is 0 Å². The third kappa shape index (κ3) is 4.47. The molecular formula is C14H16F3NO3. The fourth-order valence-corrected chi connectivity index (χ4v) is 1.79. The van der Waals surface area contributed by atoms with Gasteiger partial charge in [0.2, 0.25) is 0 Å². The van der Waals surface area contributed by atoms with E-state index >= 15 is 0 Å². The van der Waals surface area contributed by atoms with Gasteiger partial charge < -0.3 is 10.1 Å². The lowest BCUT2D eigenvalue weighted by Crippen LogP contribution is -2.42. The van der Waals surface area contributed by atoms with Crippen molar-refractivity contribution in [2.75, 3.05) is 7.11 Å². The number of carbonyl (C=O) groups excluding carboxylic acids is 2. The predicted molar refractivity (Wildman–Crippen MR) is 69.1 cm³/mol. The molecule has 1 amide bonds. The first-order chi connectivity index (χ1) is 9.90. The van der Waals surface area contributed by atoms with Crippen molar-refractivity contribution in [3.63, 3.8) is 0 Å². The summed E-state index contributed by atoms with van der Waals surface area (Å²) >= 11 is 0. The monoisotopic (exact) mass is 303 g/mol. The average molecular weight is 303 g/mol. The lowest BCUT2D eigenvalue weighted by Gasteiger charge is -2.16. The van der Waals surface area contributed by atoms with Crippen LogP contribution < -0.4 is 5.32 Å². The molecule has 0 radical (unpaired) electrons. The van der Waals surface area contributed by atoms with E-state index in [1.165, 1.54) is 0 Å². The largest absolute Gasteiger partial charge is 0.467 e. The summed E-state index contributed by atoms with van der Waals surface area (Å²) in [7, 11) is 1.15. The van der Waals surface area contributed by atoms with Crippen molar-refractivity contribution in [2.45, 2.75) is 32.2 Å². The molecule has 7 heteroatoms. The Morgan fingerprint density at radius 2 is 1.81 bits per heavy atom. The molecule has 0 aromatic heterocycles. The molecule has 0 saturated heterocycles. The second-order valence-corrected chi connectivity index (χ2v) is 4.44. The molecule has 1 atom stereocenters. The van der Waals surface area contributed by atoms with E-state index in [0.717, 1.165) is 13.5 Å². The van der Waals surface area contributed by atoms with Crippen LogP contribution >= 0.6 is 0 Å². The zero-order chi connectivity index (χ0) is 16.0. The van der Waals surface area contributed by atoms with Crippen molar-refractivity contribution in [2.24, 2.45) is 0 Å². The van der Waals surface area contributed by atoms with Gasteiger partial charge in [0.15, 0.2) is 0 Å². The molecule has 1 N–H and O–H groups in total. The minimum absolute atomic E-state index is 0.277. The van der Waals surface area contributed by atoms with E-state index in [-0.39, 0.29) is 6.42 Å². The molecule has 0 aliphatic rings. The zero-order valence-corrected chi connectivity index (χ0v) is 11.7. The third-order valence-corrected chi connectivity index (χ3v) is 2.87. The van der Waals surface area contributed by atoms with E-state index in [1.54, 1.807) is 0 Å². The first-order valence-corrected chi connectivity index (χ1v) is 6.43. The van der Waals surface area contributed by atoms with Crippen molar-refractivity contribution in [3.05, 3.63) is 35.1 Å². The van der Waals surface area contributed by atoms with Crippen molar-refractivity contribution in [1.82, 2.24) is 5.32 Å². The molecule has 1 aromatic rings. The van der Waals surface area contributed by atoms with Gasteiger partial charge in [-0.05, 0) is 6.42 Å². The number of esters is 1. The Morgan fingerprint density at radius 3 is 2.29 bits per heavy atom. The highest BCUT2D eigenvalue weighted by molar-refractivity contribution is 5.97. The fraction of sp³-hybridized carbons (Fsp3) is 0.429. The van der Waals surface area contributed by atoms with Gasteiger partial charge in [-0.2, -0.15) is 0 Å². The Bertz CT molecular complexity index is 511. The molecule has 0 spiro atoms. The molecule has 1 aromatic carbocycles. The summed E-state index contributed by atoms with van der Waals surface area (Å²) < 4.78 is 44.3. The van der Waals surface area contributed by atoms with Crippen LogP contribution in [0.15, 0.2) is 12.1 Å². The Kier molecular flexibility index (Phi) is 6.20. The Labute approximate surface area is 120 Å². The highest BCUT2D eigenvalue weighted by Gasteiger charge is 2.25. The van der Waals surface area contributed by atoms with E-state index in [9.17, 15) is 22.8 Å². The molecule has 1 rings (SSSR count). The SMILES string of the molecule is CCCC[C@H](NC(=O)c1c(F)cc(F)cc1F)C(=O)OC. The van der Waals surface area contributed by atoms with Crippen LogP contribution in [0.2, 0.25) is 0 Å². The first kappa shape index (κ1) is 17.0. The first-order valence-electron chi connectivity index (χ1n) is 6.43. The highest BCUT2D eigenvalue weighted by Crippen LogP contribution is 2.15. The van der Waals surface area contributed by atoms with Crippen LogP contribution in [0.5, 0.6) is 0 Å². The Balaban J connectivity index is 2.94. The number of hydrogen-bond acceptors (Lipinski definition) is 3. The van der Waals surface area contributed by atoms with Gasteiger partial charge in [0.05, 0.1) is 7.11 Å². The van der Waals surface area contributed by atoms with E-state index < -0.39 is 40.9 Å². The minimum atomic E-state index is -1.33. The van der Waals surface area contributed by atoms with Gasteiger partial charge in [0.1, 0.15) is 29.1 Å². The van der Waals surface area contributed by atoms with Gasteiger partial charge in [0, 0.05) is 12.1 Å². The summed E-state index contributed by atoms with van der Waals surface area (Å²) in [5, 5.41) is 2.20. The number of carbonyl (C=O) groups is 2. The van der Waals surface area contributed by atoms with E-state index in [4.69, 9.17) is 0 Å². The molecule has 0 heterocycles. The van der Waals surface area contributed by atoms with Crippen LogP contribution in [-0.2, 0) is 9.53 Å². The molecule has 0 bridgehead atoms. The van der Waals surface area contributed by atoms with Crippen LogP contribution in [0.1, 0.15) is 36.5 Å². The maximum atomic E-state index is 13.5. The fourth-order valence-electron chi connectivity index (χ4n) is 1.79. The second kappa shape index (κ2) is 7.66. The van der Waals surface area contributed by atoms with Gasteiger partial charge in [-0.1, -0.05) is 19.8 Å². The lowest BCUT2D eigenvalue weighted by molar-refractivity contribution is -0.143. The normalized spacial score (nSPS) is 11.9. The average Bonchev–Trinajstić information content (AvgIpc) is 2.41. The zero-order valence-electron chi connectivity index (χ0n) is 11.7. The van der Waals surface area contributed by atoms with Gasteiger partial charge >= 0.3 is 5.97 Å². The van der Waals surface area contributed by atoms with Gasteiger partial charge in [-0.3, -0.25) is 4.79 Å². The minimum Gasteiger partial charge on any atom is -0.467 e. The standard InChI is InChI=1S/C14H16F3NO3/c1-3-4-5-11(14(20)21-2)18-13(19)12-9(16)6-8(15)7-10(12)17/h6-7,11H,3-5H2,1-2H3,(H,18,19)/t11-/m0/s1. The number of ether oxygens (including phenoxy) is 1. The highest BCUT2D eigenvalue weighted by atomic mass is 19.1. The Hall–Kier alpha value is -2.05. The molecule has 0 aliphatic heterocycles. The molecule has 4 nitrogen and oxygen atoms in total. The summed E-state index contributed by atoms with van der Waals surface area (Å²) in [5.74, 6) is -5.62. The molecule has 0 fully saturated rings. The topological polar surface area (TPSA) is 55.4 Å². The third-order valence-electron chi connectivity index (χ3n) is 2.87. The van der Waals surface area contributed by atoms with Crippen LogP contribution in [0.25, 0.3) is 0 Å². The molecule has 0 unspecified atom stereocenters. The molecule has 116 valence electrons. The number of halogens is 3. The maximum absolute atomic E-state index is 13.5. The van der Waals surface area contributed by atoms with Crippen molar-refractivity contribution < 1.29 is 27.5 Å². The number of hydrogen-bond donors (Lipinski definition) is 1. The number of methoxy groups -OCH3 is 1. The van der Waals surface area contributed by atoms with E-state index in [0.29, 0.717) is 18.6 Å². The summed E-state index contributed by atoms with van der Waals surface area (Å²) in [6, 6.07) is -0.208. The summed E-state index contributed by atoms with van der Waals surface area (Å²) in [5.41, 5.74) is -0.929. The van der Waals surface area contributed by atoms with Crippen LogP contribution in [0, 0.1) is 17.5 Å². The van der Waals surface area contributed by atoms with Crippen LogP contribution in [0.4, 0.5) is 13.2 Å². The smallest absolute Gasteiger partial charge is 0.328 e. The molecule has 0 saturated carbocycles. The maximum Gasteiger partial charge on any atom is 0.328 e. The van der Waals surface area contributed by atoms with Gasteiger partial charge in [-0.15, -0.1) is 0 Å². The van der Waals surface area contributed by atoms with Crippen LogP contribution in [0.3, 0.4) is 0 Å². The second-order valence-electron chi connectivity index (χ2n) is 4.44. The number of benzene rings is 1. The quantitative estimate of drug-likeness (QED) is 0.822. The molecule has 0 aliphatic carbocycles. The van der Waals surface area contributed by atoms with E-state index in [2.05, 4.69) is 10.1 Å². The van der Waals surface area contributed by atoms with Crippen molar-refractivity contribution in [3.8, 4) is 0 Å². The molecular weight excluding hydrogens is 287 g/mol. The number of nitrogens with one attached hydrogen (secondary N) is 1. The summed E-state index contributed by atoms with van der Waals surface area (Å²) in [6.07, 6.45) is 1.66. The van der Waals surface area contributed by atoms with Crippen molar-refractivity contribution >= 4 is 11.9 Å². The molecule has 21 heavy (non-hydrogen) atoms. The number of amides is 1. The number of unbranched alkanes of at least 4 members (excludes halogenated alkanes) is 1. The van der Waals surface area contributed by atoms with Gasteiger partial charge in [0.25, 0.3) is 5.91 Å². The summed E-state index contributed by atoms with van der Waals surface area (Å²) in [4.78, 5) is 23.4. The predicted octanol–water partition coefficient (Wildman–Crippen LogP) is 2.57. The van der Waals surface area contributed by atoms with Gasteiger partial charge in [-0.25, -0.2) is 18.0 Å². The summed E-state index contributed by atoms with van der Waals surface area (Å²) in [6.45, 7) is 1.88. The Morgan fingerprint density at radius 1 is 1.24 bits per heavy atom. The lowest BCUT2D eigenvalue weighted by atomic mass is 10.1. The van der Waals surface area contributed by atoms with Crippen LogP contribution in [-0.4, -0.2) is 25.0 Å².